The van der Waals surface area contributed by atoms with Gasteiger partial charge in [-0.05, 0) is 49.5 Å². The smallest absolute Gasteiger partial charge is 0.341 e. The van der Waals surface area contributed by atoms with Crippen molar-refractivity contribution >= 4 is 40.2 Å². The van der Waals surface area contributed by atoms with Crippen LogP contribution in [-0.4, -0.2) is 42.9 Å². The molecule has 0 saturated heterocycles. The third-order valence-electron chi connectivity index (χ3n) is 5.05. The lowest BCUT2D eigenvalue weighted by Gasteiger charge is -2.17. The molecule has 0 aliphatic carbocycles. The van der Waals surface area contributed by atoms with Gasteiger partial charge in [0.15, 0.2) is 0 Å². The van der Waals surface area contributed by atoms with E-state index >= 15 is 0 Å². The zero-order valence-electron chi connectivity index (χ0n) is 18.9. The van der Waals surface area contributed by atoms with E-state index in [-0.39, 0.29) is 17.4 Å². The Morgan fingerprint density at radius 3 is 2.26 bits per heavy atom. The molecule has 6 nitrogen and oxygen atoms in total. The molecule has 2 aromatic rings. The SMILES string of the molecule is CCN(CC)C(=O)c1sc(NC(=O)/C=C/c2ccc(C(C)C)cc2)c(C(=O)OC)c1C. The molecule has 0 aliphatic heterocycles. The predicted molar refractivity (Wildman–Crippen MR) is 126 cm³/mol. The van der Waals surface area contributed by atoms with Crippen LogP contribution in [-0.2, 0) is 9.53 Å². The van der Waals surface area contributed by atoms with Crippen LogP contribution >= 0.6 is 11.3 Å². The third kappa shape index (κ3) is 5.82. The second kappa shape index (κ2) is 10.9. The van der Waals surface area contributed by atoms with Crippen molar-refractivity contribution in [3.8, 4) is 0 Å². The average Bonchev–Trinajstić information content (AvgIpc) is 3.08. The molecule has 1 aromatic carbocycles. The number of carbonyl (C=O) groups excluding carboxylic acids is 3. The molecule has 7 heteroatoms. The van der Waals surface area contributed by atoms with E-state index in [1.807, 2.05) is 38.1 Å². The number of esters is 1. The Balaban J connectivity index is 2.28. The summed E-state index contributed by atoms with van der Waals surface area (Å²) in [6, 6.07) is 7.97. The minimum atomic E-state index is -0.587. The molecule has 0 unspecified atom stereocenters. The molecule has 1 aromatic heterocycles. The van der Waals surface area contributed by atoms with Gasteiger partial charge >= 0.3 is 5.97 Å². The Hall–Kier alpha value is -2.93. The van der Waals surface area contributed by atoms with Crippen LogP contribution < -0.4 is 5.32 Å². The van der Waals surface area contributed by atoms with Gasteiger partial charge in [0, 0.05) is 19.2 Å². The normalized spacial score (nSPS) is 11.1. The Bertz CT molecular complexity index is 970. The fourth-order valence-corrected chi connectivity index (χ4v) is 4.29. The lowest BCUT2D eigenvalue weighted by molar-refractivity contribution is -0.111. The Kier molecular flexibility index (Phi) is 8.56. The lowest BCUT2D eigenvalue weighted by Crippen LogP contribution is -2.30. The van der Waals surface area contributed by atoms with E-state index < -0.39 is 5.97 Å². The van der Waals surface area contributed by atoms with Gasteiger partial charge in [-0.2, -0.15) is 0 Å². The largest absolute Gasteiger partial charge is 0.465 e. The maximum absolute atomic E-state index is 12.8. The van der Waals surface area contributed by atoms with Crippen LogP contribution in [0.5, 0.6) is 0 Å². The number of hydrogen-bond acceptors (Lipinski definition) is 5. The summed E-state index contributed by atoms with van der Waals surface area (Å²) in [5.41, 5.74) is 2.85. The van der Waals surface area contributed by atoms with Crippen molar-refractivity contribution < 1.29 is 19.1 Å². The topological polar surface area (TPSA) is 75.7 Å². The second-order valence-electron chi connectivity index (χ2n) is 7.37. The summed E-state index contributed by atoms with van der Waals surface area (Å²) >= 11 is 1.09. The second-order valence-corrected chi connectivity index (χ2v) is 8.39. The number of thiophene rings is 1. The molecule has 1 heterocycles. The number of carbonyl (C=O) groups is 3. The predicted octanol–water partition coefficient (Wildman–Crippen LogP) is 5.10. The lowest BCUT2D eigenvalue weighted by atomic mass is 10.0. The maximum Gasteiger partial charge on any atom is 0.341 e. The molecular formula is C24H30N2O4S. The van der Waals surface area contributed by atoms with Crippen LogP contribution in [0.4, 0.5) is 5.00 Å². The summed E-state index contributed by atoms with van der Waals surface area (Å²) in [4.78, 5) is 39.8. The van der Waals surface area contributed by atoms with Crippen LogP contribution in [0.2, 0.25) is 0 Å². The van der Waals surface area contributed by atoms with Crippen LogP contribution in [0.25, 0.3) is 6.08 Å². The molecule has 0 saturated carbocycles. The number of amides is 2. The Morgan fingerprint density at radius 2 is 1.74 bits per heavy atom. The van der Waals surface area contributed by atoms with Gasteiger partial charge in [-0.25, -0.2) is 4.79 Å². The first-order valence-electron chi connectivity index (χ1n) is 10.3. The summed E-state index contributed by atoms with van der Waals surface area (Å²) in [6.07, 6.45) is 3.12. The van der Waals surface area contributed by atoms with Gasteiger partial charge in [-0.15, -0.1) is 11.3 Å². The number of nitrogens with zero attached hydrogens (tertiary/aromatic N) is 1. The zero-order chi connectivity index (χ0) is 23.1. The molecule has 31 heavy (non-hydrogen) atoms. The quantitative estimate of drug-likeness (QED) is 0.456. The summed E-state index contributed by atoms with van der Waals surface area (Å²) in [5, 5.41) is 3.05. The molecule has 0 atom stereocenters. The monoisotopic (exact) mass is 442 g/mol. The first kappa shape index (κ1) is 24.3. The molecule has 0 bridgehead atoms. The standard InChI is InChI=1S/C24H30N2O4S/c1-7-26(8-2)23(28)21-16(5)20(24(29)30-6)22(31-21)25-19(27)14-11-17-9-12-18(13-10-17)15(3)4/h9-15H,7-8H2,1-6H3,(H,25,27)/b14-11+. The molecule has 2 amide bonds. The first-order valence-corrected chi connectivity index (χ1v) is 11.1. The van der Waals surface area contributed by atoms with E-state index in [1.165, 1.54) is 18.7 Å². The number of ether oxygens (including phenoxy) is 1. The van der Waals surface area contributed by atoms with Crippen molar-refractivity contribution in [1.29, 1.82) is 0 Å². The molecule has 0 radical (unpaired) electrons. The molecule has 2 rings (SSSR count). The highest BCUT2D eigenvalue weighted by Crippen LogP contribution is 2.34. The molecule has 0 fully saturated rings. The molecule has 0 aliphatic rings. The number of hydrogen-bond donors (Lipinski definition) is 1. The van der Waals surface area contributed by atoms with Gasteiger partial charge in [0.1, 0.15) is 5.00 Å². The maximum atomic E-state index is 12.8. The Labute approximate surface area is 187 Å². The molecule has 0 spiro atoms. The zero-order valence-corrected chi connectivity index (χ0v) is 19.8. The van der Waals surface area contributed by atoms with E-state index in [0.29, 0.717) is 34.4 Å². The summed E-state index contributed by atoms with van der Waals surface area (Å²) in [7, 11) is 1.28. The van der Waals surface area contributed by atoms with Crippen molar-refractivity contribution in [2.24, 2.45) is 0 Å². The molecular weight excluding hydrogens is 412 g/mol. The molecule has 166 valence electrons. The van der Waals surface area contributed by atoms with E-state index in [2.05, 4.69) is 19.2 Å². The van der Waals surface area contributed by atoms with Crippen LogP contribution in [0, 0.1) is 6.92 Å². The number of benzene rings is 1. The van der Waals surface area contributed by atoms with Gasteiger partial charge in [0.2, 0.25) is 5.91 Å². The van der Waals surface area contributed by atoms with Crippen molar-refractivity contribution in [1.82, 2.24) is 4.90 Å². The van der Waals surface area contributed by atoms with E-state index in [9.17, 15) is 14.4 Å². The minimum Gasteiger partial charge on any atom is -0.465 e. The number of rotatable bonds is 8. The number of methoxy groups -OCH3 is 1. The number of anilines is 1. The van der Waals surface area contributed by atoms with Gasteiger partial charge in [-0.3, -0.25) is 9.59 Å². The van der Waals surface area contributed by atoms with Gasteiger partial charge < -0.3 is 15.0 Å². The van der Waals surface area contributed by atoms with Crippen molar-refractivity contribution in [3.05, 3.63) is 57.5 Å². The summed E-state index contributed by atoms with van der Waals surface area (Å²) in [5.74, 6) is -0.704. The number of nitrogens with one attached hydrogen (secondary N) is 1. The van der Waals surface area contributed by atoms with Crippen LogP contribution in [0.3, 0.4) is 0 Å². The fraction of sp³-hybridized carbons (Fsp3) is 0.375. The minimum absolute atomic E-state index is 0.168. The van der Waals surface area contributed by atoms with E-state index in [4.69, 9.17) is 4.74 Å². The summed E-state index contributed by atoms with van der Waals surface area (Å²) in [6.45, 7) is 10.8. The van der Waals surface area contributed by atoms with Crippen molar-refractivity contribution in [3.63, 3.8) is 0 Å². The van der Waals surface area contributed by atoms with Crippen LogP contribution in [0.1, 0.15) is 70.3 Å². The van der Waals surface area contributed by atoms with E-state index in [0.717, 1.165) is 16.9 Å². The van der Waals surface area contributed by atoms with Crippen LogP contribution in [0.15, 0.2) is 30.3 Å². The van der Waals surface area contributed by atoms with Gasteiger partial charge in [0.05, 0.1) is 17.6 Å². The Morgan fingerprint density at radius 1 is 1.13 bits per heavy atom. The molecule has 1 N–H and O–H groups in total. The first-order chi connectivity index (χ1) is 14.7. The highest BCUT2D eigenvalue weighted by atomic mass is 32.1. The van der Waals surface area contributed by atoms with E-state index in [1.54, 1.807) is 17.9 Å². The average molecular weight is 443 g/mol. The third-order valence-corrected chi connectivity index (χ3v) is 6.24. The van der Waals surface area contributed by atoms with Crippen molar-refractivity contribution in [2.75, 3.05) is 25.5 Å². The van der Waals surface area contributed by atoms with Crippen molar-refractivity contribution in [2.45, 2.75) is 40.5 Å². The highest BCUT2D eigenvalue weighted by Gasteiger charge is 2.27. The fourth-order valence-electron chi connectivity index (χ4n) is 3.13. The van der Waals surface area contributed by atoms with Gasteiger partial charge in [0.25, 0.3) is 5.91 Å². The highest BCUT2D eigenvalue weighted by molar-refractivity contribution is 7.18. The summed E-state index contributed by atoms with van der Waals surface area (Å²) < 4.78 is 4.88. The van der Waals surface area contributed by atoms with Gasteiger partial charge in [-0.1, -0.05) is 38.1 Å².